The van der Waals surface area contributed by atoms with Crippen molar-refractivity contribution in [2.75, 3.05) is 12.4 Å². The lowest BCUT2D eigenvalue weighted by Crippen LogP contribution is -2.41. The lowest BCUT2D eigenvalue weighted by Gasteiger charge is -2.32. The van der Waals surface area contributed by atoms with Gasteiger partial charge in [0.15, 0.2) is 5.78 Å². The quantitative estimate of drug-likeness (QED) is 0.172. The molecule has 3 heterocycles. The Kier molecular flexibility index (Phi) is 9.75. The lowest BCUT2D eigenvalue weighted by atomic mass is 9.78. The highest BCUT2D eigenvalue weighted by Crippen LogP contribution is 2.36. The van der Waals surface area contributed by atoms with Gasteiger partial charge in [0.05, 0.1) is 16.7 Å². The van der Waals surface area contributed by atoms with Crippen molar-refractivity contribution in [3.8, 4) is 0 Å². The number of ketones is 1. The first-order valence-electron chi connectivity index (χ1n) is 14.2. The molecule has 2 atom stereocenters. The minimum atomic E-state index is -0.549. The van der Waals surface area contributed by atoms with Gasteiger partial charge in [-0.05, 0) is 76.5 Å². The van der Waals surface area contributed by atoms with Gasteiger partial charge < -0.3 is 24.7 Å². The number of rotatable bonds is 8. The summed E-state index contributed by atoms with van der Waals surface area (Å²) in [5, 5.41) is 11.6. The molecular formula is C30H39BClN5O5. The van der Waals surface area contributed by atoms with Gasteiger partial charge in [-0.1, -0.05) is 29.8 Å². The van der Waals surface area contributed by atoms with E-state index >= 15 is 0 Å². The van der Waals surface area contributed by atoms with Gasteiger partial charge in [-0.15, -0.1) is 0 Å². The molecule has 0 radical (unpaired) electrons. The smallest absolute Gasteiger partial charge is 0.399 e. The van der Waals surface area contributed by atoms with Crippen LogP contribution >= 0.6 is 11.6 Å². The van der Waals surface area contributed by atoms with E-state index in [0.717, 1.165) is 36.8 Å². The van der Waals surface area contributed by atoms with Crippen molar-refractivity contribution >= 4 is 58.9 Å². The van der Waals surface area contributed by atoms with E-state index in [4.69, 9.17) is 20.9 Å². The van der Waals surface area contributed by atoms with E-state index in [1.54, 1.807) is 17.8 Å². The Balaban J connectivity index is 0.000000385. The maximum Gasteiger partial charge on any atom is 0.494 e. The van der Waals surface area contributed by atoms with Crippen molar-refractivity contribution in [3.63, 3.8) is 0 Å². The van der Waals surface area contributed by atoms with Crippen molar-refractivity contribution < 1.29 is 23.7 Å². The van der Waals surface area contributed by atoms with Crippen LogP contribution in [0.5, 0.6) is 0 Å². The number of nitrogens with zero attached hydrogens (tertiary/aromatic N) is 3. The minimum absolute atomic E-state index is 0.0223. The fourth-order valence-electron chi connectivity index (χ4n) is 5.22. The number of hydrogen-bond donors (Lipinski definition) is 2. The van der Waals surface area contributed by atoms with Crippen molar-refractivity contribution in [1.82, 2.24) is 20.1 Å². The summed E-state index contributed by atoms with van der Waals surface area (Å²) < 4.78 is 13.9. The molecule has 1 amide bonds. The van der Waals surface area contributed by atoms with Gasteiger partial charge in [0.25, 0.3) is 0 Å². The molecule has 2 aromatic heterocycles. The molecule has 2 aliphatic rings. The summed E-state index contributed by atoms with van der Waals surface area (Å²) >= 11 is 5.57. The van der Waals surface area contributed by atoms with E-state index in [0.29, 0.717) is 34.1 Å². The second-order valence-corrected chi connectivity index (χ2v) is 12.3. The molecule has 1 aromatic carbocycles. The third-order valence-electron chi connectivity index (χ3n) is 8.23. The van der Waals surface area contributed by atoms with Crippen molar-refractivity contribution in [3.05, 3.63) is 47.2 Å². The third-order valence-corrected chi connectivity index (χ3v) is 8.44. The number of benzene rings is 1. The predicted octanol–water partition coefficient (Wildman–Crippen LogP) is 4.19. The summed E-state index contributed by atoms with van der Waals surface area (Å²) in [6.07, 6.45) is 4.14. The van der Waals surface area contributed by atoms with Crippen LogP contribution in [0.4, 0.5) is 5.82 Å². The normalized spacial score (nSPS) is 20.6. The molecule has 3 aromatic rings. The highest BCUT2D eigenvalue weighted by Gasteiger charge is 2.51. The van der Waals surface area contributed by atoms with Gasteiger partial charge in [-0.3, -0.25) is 14.3 Å². The van der Waals surface area contributed by atoms with Crippen molar-refractivity contribution in [2.24, 2.45) is 5.92 Å². The summed E-state index contributed by atoms with van der Waals surface area (Å²) in [5.74, 6) is 0.817. The van der Waals surface area contributed by atoms with Crippen LogP contribution in [0, 0.1) is 5.92 Å². The van der Waals surface area contributed by atoms with Crippen LogP contribution in [0.1, 0.15) is 70.8 Å². The molecule has 1 saturated carbocycles. The standard InChI is InChI=1S/C24H32BN3O5.C6H7ClN2/c1-15(30)22-19-13-17(25-32-23(2,3)24(4,5)33-25)7-9-20(19)28(27-22)14-21(31)26-18-8-6-16(12-18)10-11-29;1-8-6-4-2-3-5(7)9-6/h7,9,11,13,16,18H,6,8,10,12,14H2,1-5H3,(H,26,31);2-4H,1H3,(H,8,9). The maximum atomic E-state index is 12.7. The van der Waals surface area contributed by atoms with E-state index in [2.05, 4.69) is 20.7 Å². The van der Waals surface area contributed by atoms with E-state index in [1.165, 1.54) is 6.92 Å². The Morgan fingerprint density at radius 1 is 1.14 bits per heavy atom. The van der Waals surface area contributed by atoms with Gasteiger partial charge >= 0.3 is 7.12 Å². The van der Waals surface area contributed by atoms with Crippen LogP contribution in [-0.4, -0.2) is 64.2 Å². The Labute approximate surface area is 252 Å². The molecule has 10 nitrogen and oxygen atoms in total. The summed E-state index contributed by atoms with van der Waals surface area (Å²) in [4.78, 5) is 39.7. The molecule has 2 unspecified atom stereocenters. The van der Waals surface area contributed by atoms with Gasteiger partial charge in [-0.2, -0.15) is 5.10 Å². The largest absolute Gasteiger partial charge is 0.494 e. The molecular weight excluding hydrogens is 557 g/mol. The molecule has 42 heavy (non-hydrogen) atoms. The zero-order valence-corrected chi connectivity index (χ0v) is 25.8. The number of anilines is 1. The van der Waals surface area contributed by atoms with Gasteiger partial charge in [0, 0.05) is 31.8 Å². The van der Waals surface area contributed by atoms with E-state index in [-0.39, 0.29) is 24.3 Å². The Hall–Kier alpha value is -3.28. The molecule has 1 aliphatic carbocycles. The topological polar surface area (TPSA) is 124 Å². The van der Waals surface area contributed by atoms with E-state index in [9.17, 15) is 14.4 Å². The summed E-state index contributed by atoms with van der Waals surface area (Å²) in [7, 11) is 1.26. The predicted molar refractivity (Wildman–Crippen MR) is 164 cm³/mol. The fourth-order valence-corrected chi connectivity index (χ4v) is 5.38. The van der Waals surface area contributed by atoms with Crippen LogP contribution in [0.25, 0.3) is 10.9 Å². The Morgan fingerprint density at radius 3 is 2.45 bits per heavy atom. The zero-order chi connectivity index (χ0) is 30.7. The third kappa shape index (κ3) is 7.19. The fraction of sp³-hybridized carbons (Fsp3) is 0.500. The molecule has 12 heteroatoms. The average molecular weight is 596 g/mol. The van der Waals surface area contributed by atoms with Crippen LogP contribution in [0.2, 0.25) is 5.15 Å². The number of nitrogens with one attached hydrogen (secondary N) is 2. The molecule has 0 bridgehead atoms. The monoisotopic (exact) mass is 595 g/mol. The molecule has 2 N–H and O–H groups in total. The van der Waals surface area contributed by atoms with E-state index < -0.39 is 18.3 Å². The first kappa shape index (κ1) is 31.7. The average Bonchev–Trinajstić information content (AvgIpc) is 3.58. The minimum Gasteiger partial charge on any atom is -0.399 e. The number of hydrogen-bond acceptors (Lipinski definition) is 8. The van der Waals surface area contributed by atoms with Crippen LogP contribution in [-0.2, 0) is 25.4 Å². The second-order valence-electron chi connectivity index (χ2n) is 11.9. The van der Waals surface area contributed by atoms with Gasteiger partial charge in [0.1, 0.15) is 29.5 Å². The molecule has 5 rings (SSSR count). The number of pyridine rings is 1. The van der Waals surface area contributed by atoms with Crippen LogP contribution < -0.4 is 16.1 Å². The number of aromatic nitrogens is 3. The van der Waals surface area contributed by atoms with Crippen molar-refractivity contribution in [2.45, 2.75) is 84.1 Å². The van der Waals surface area contributed by atoms with E-state index in [1.807, 2.05) is 58.0 Å². The van der Waals surface area contributed by atoms with Gasteiger partial charge in [-0.25, -0.2) is 4.98 Å². The SMILES string of the molecule is CC(=O)c1nn(CC(=O)NC2CCC(CC=O)C2)c2ccc(B3OC(C)(C)C(C)(C)O3)cc12.CNc1cccc(Cl)n1. The first-order chi connectivity index (χ1) is 19.8. The molecule has 1 aliphatic heterocycles. The molecule has 2 fully saturated rings. The van der Waals surface area contributed by atoms with Crippen molar-refractivity contribution in [1.29, 1.82) is 0 Å². The Bertz CT molecular complexity index is 1440. The number of Topliss-reactive ketones (excluding diaryl/α,β-unsaturated/α-hetero) is 1. The number of halogens is 1. The number of fused-ring (bicyclic) bond motifs is 1. The number of aldehydes is 1. The van der Waals surface area contributed by atoms with Crippen LogP contribution in [0.15, 0.2) is 36.4 Å². The maximum absolute atomic E-state index is 12.7. The summed E-state index contributed by atoms with van der Waals surface area (Å²) in [6.45, 7) is 9.47. The Morgan fingerprint density at radius 2 is 1.86 bits per heavy atom. The summed E-state index contributed by atoms with van der Waals surface area (Å²) in [6, 6.07) is 11.1. The molecule has 1 saturated heterocycles. The number of amides is 1. The second kappa shape index (κ2) is 12.9. The first-order valence-corrected chi connectivity index (χ1v) is 14.6. The molecule has 0 spiro atoms. The number of carbonyl (C=O) groups excluding carboxylic acids is 3. The van der Waals surface area contributed by atoms with Crippen LogP contribution in [0.3, 0.4) is 0 Å². The zero-order valence-electron chi connectivity index (χ0n) is 25.1. The lowest BCUT2D eigenvalue weighted by molar-refractivity contribution is -0.122. The molecule has 224 valence electrons. The summed E-state index contributed by atoms with van der Waals surface area (Å²) in [5.41, 5.74) is 0.899. The van der Waals surface area contributed by atoms with Gasteiger partial charge in [0.2, 0.25) is 5.91 Å². The highest BCUT2D eigenvalue weighted by atomic mass is 35.5. The number of carbonyl (C=O) groups is 3. The highest BCUT2D eigenvalue weighted by molar-refractivity contribution is 6.62.